The number of anilines is 1. The van der Waals surface area contributed by atoms with Gasteiger partial charge in [0.25, 0.3) is 0 Å². The van der Waals surface area contributed by atoms with Crippen molar-refractivity contribution in [3.05, 3.63) is 29.8 Å². The lowest BCUT2D eigenvalue weighted by Gasteiger charge is -2.18. The molecular weight excluding hydrogens is 220 g/mol. The first-order chi connectivity index (χ1) is 8.75. The van der Waals surface area contributed by atoms with Crippen LogP contribution in [0, 0.1) is 5.92 Å². The third kappa shape index (κ3) is 4.02. The molecule has 0 unspecified atom stereocenters. The van der Waals surface area contributed by atoms with Crippen molar-refractivity contribution in [1.82, 2.24) is 4.90 Å². The Labute approximate surface area is 111 Å². The van der Waals surface area contributed by atoms with E-state index in [1.165, 1.54) is 43.6 Å². The maximum absolute atomic E-state index is 3.59. The van der Waals surface area contributed by atoms with Crippen LogP contribution in [0.25, 0.3) is 0 Å². The Bertz CT molecular complexity index is 354. The third-order valence-electron chi connectivity index (χ3n) is 3.65. The zero-order valence-corrected chi connectivity index (χ0v) is 11.8. The van der Waals surface area contributed by atoms with Gasteiger partial charge in [-0.15, -0.1) is 0 Å². The number of hydrogen-bond acceptors (Lipinski definition) is 2. The molecule has 18 heavy (non-hydrogen) atoms. The van der Waals surface area contributed by atoms with Crippen molar-refractivity contribution in [2.45, 2.75) is 39.7 Å². The molecule has 1 fully saturated rings. The molecule has 1 aliphatic heterocycles. The number of hydrogen-bond donors (Lipinski definition) is 1. The fourth-order valence-corrected chi connectivity index (χ4v) is 2.51. The van der Waals surface area contributed by atoms with Gasteiger partial charge in [0, 0.05) is 18.8 Å². The molecule has 1 saturated heterocycles. The van der Waals surface area contributed by atoms with E-state index in [4.69, 9.17) is 0 Å². The molecule has 0 aromatic heterocycles. The standard InChI is InChI=1S/C16H26N2/c1-14(2)9-10-17-16-8-4-3-7-15(16)13-18-11-5-6-12-18/h3-4,7-8,14,17H,5-6,9-13H2,1-2H3. The Hall–Kier alpha value is -1.02. The summed E-state index contributed by atoms with van der Waals surface area (Å²) in [5.41, 5.74) is 2.77. The molecular formula is C16H26N2. The van der Waals surface area contributed by atoms with E-state index in [9.17, 15) is 0 Å². The quantitative estimate of drug-likeness (QED) is 0.822. The second kappa shape index (κ2) is 6.79. The maximum Gasteiger partial charge on any atom is 0.0385 e. The Kier molecular flexibility index (Phi) is 5.06. The molecule has 1 aliphatic rings. The maximum atomic E-state index is 3.59. The smallest absolute Gasteiger partial charge is 0.0385 e. The number of nitrogens with one attached hydrogen (secondary N) is 1. The van der Waals surface area contributed by atoms with E-state index in [0.717, 1.165) is 19.0 Å². The first-order valence-corrected chi connectivity index (χ1v) is 7.30. The molecule has 0 bridgehead atoms. The van der Waals surface area contributed by atoms with Gasteiger partial charge in [-0.3, -0.25) is 4.90 Å². The molecule has 2 rings (SSSR count). The topological polar surface area (TPSA) is 15.3 Å². The first kappa shape index (κ1) is 13.4. The van der Waals surface area contributed by atoms with E-state index in [2.05, 4.69) is 48.3 Å². The fourth-order valence-electron chi connectivity index (χ4n) is 2.51. The molecule has 2 heteroatoms. The zero-order chi connectivity index (χ0) is 12.8. The van der Waals surface area contributed by atoms with E-state index in [-0.39, 0.29) is 0 Å². The molecule has 0 atom stereocenters. The lowest BCUT2D eigenvalue weighted by molar-refractivity contribution is 0.332. The number of nitrogens with zero attached hydrogens (tertiary/aromatic N) is 1. The molecule has 0 saturated carbocycles. The summed E-state index contributed by atoms with van der Waals surface area (Å²) in [6.45, 7) is 9.26. The van der Waals surface area contributed by atoms with E-state index >= 15 is 0 Å². The van der Waals surface area contributed by atoms with Crippen molar-refractivity contribution in [1.29, 1.82) is 0 Å². The summed E-state index contributed by atoms with van der Waals surface area (Å²) in [6.07, 6.45) is 3.96. The second-order valence-corrected chi connectivity index (χ2v) is 5.75. The van der Waals surface area contributed by atoms with E-state index in [1.54, 1.807) is 0 Å². The molecule has 0 aliphatic carbocycles. The number of para-hydroxylation sites is 1. The zero-order valence-electron chi connectivity index (χ0n) is 11.8. The summed E-state index contributed by atoms with van der Waals surface area (Å²) in [7, 11) is 0. The minimum absolute atomic E-state index is 0.767. The van der Waals surface area contributed by atoms with Gasteiger partial charge in [-0.2, -0.15) is 0 Å². The first-order valence-electron chi connectivity index (χ1n) is 7.30. The monoisotopic (exact) mass is 246 g/mol. The van der Waals surface area contributed by atoms with Crippen molar-refractivity contribution in [2.75, 3.05) is 25.0 Å². The van der Waals surface area contributed by atoms with Crippen LogP contribution in [-0.4, -0.2) is 24.5 Å². The Morgan fingerprint density at radius 2 is 1.89 bits per heavy atom. The molecule has 0 radical (unpaired) electrons. The van der Waals surface area contributed by atoms with Crippen LogP contribution in [0.15, 0.2) is 24.3 Å². The van der Waals surface area contributed by atoms with Gasteiger partial charge in [0.1, 0.15) is 0 Å². The molecule has 2 nitrogen and oxygen atoms in total. The molecule has 0 amide bonds. The predicted octanol–water partition coefficient (Wildman–Crippen LogP) is 3.74. The minimum Gasteiger partial charge on any atom is -0.385 e. The van der Waals surface area contributed by atoms with Gasteiger partial charge < -0.3 is 5.32 Å². The third-order valence-corrected chi connectivity index (χ3v) is 3.65. The van der Waals surface area contributed by atoms with Crippen molar-refractivity contribution in [3.63, 3.8) is 0 Å². The van der Waals surface area contributed by atoms with E-state index < -0.39 is 0 Å². The molecule has 1 aromatic rings. The molecule has 1 aromatic carbocycles. The van der Waals surface area contributed by atoms with Gasteiger partial charge in [0.15, 0.2) is 0 Å². The van der Waals surface area contributed by atoms with Crippen LogP contribution in [0.3, 0.4) is 0 Å². The van der Waals surface area contributed by atoms with Gasteiger partial charge in [0.05, 0.1) is 0 Å². The number of likely N-dealkylation sites (tertiary alicyclic amines) is 1. The Morgan fingerprint density at radius 1 is 1.17 bits per heavy atom. The number of benzene rings is 1. The van der Waals surface area contributed by atoms with Crippen LogP contribution in [0.5, 0.6) is 0 Å². The van der Waals surface area contributed by atoms with Gasteiger partial charge >= 0.3 is 0 Å². The summed E-state index contributed by atoms with van der Waals surface area (Å²) in [5, 5.41) is 3.59. The Balaban J connectivity index is 1.91. The van der Waals surface area contributed by atoms with Crippen molar-refractivity contribution < 1.29 is 0 Å². The van der Waals surface area contributed by atoms with Crippen LogP contribution in [-0.2, 0) is 6.54 Å². The van der Waals surface area contributed by atoms with Crippen molar-refractivity contribution in [2.24, 2.45) is 5.92 Å². The summed E-state index contributed by atoms with van der Waals surface area (Å²) >= 11 is 0. The van der Waals surface area contributed by atoms with E-state index in [1.807, 2.05) is 0 Å². The van der Waals surface area contributed by atoms with Crippen molar-refractivity contribution >= 4 is 5.69 Å². The summed E-state index contributed by atoms with van der Waals surface area (Å²) in [4.78, 5) is 2.56. The average Bonchev–Trinajstić information content (AvgIpc) is 2.84. The predicted molar refractivity (Wildman–Crippen MR) is 78.9 cm³/mol. The van der Waals surface area contributed by atoms with Gasteiger partial charge in [-0.25, -0.2) is 0 Å². The minimum atomic E-state index is 0.767. The highest BCUT2D eigenvalue weighted by Crippen LogP contribution is 2.20. The highest BCUT2D eigenvalue weighted by atomic mass is 15.1. The van der Waals surface area contributed by atoms with Gasteiger partial charge in [-0.05, 0) is 49.9 Å². The van der Waals surface area contributed by atoms with Crippen molar-refractivity contribution in [3.8, 4) is 0 Å². The number of rotatable bonds is 6. The van der Waals surface area contributed by atoms with Gasteiger partial charge in [-0.1, -0.05) is 32.0 Å². The van der Waals surface area contributed by atoms with Crippen LogP contribution in [0.1, 0.15) is 38.7 Å². The van der Waals surface area contributed by atoms with E-state index in [0.29, 0.717) is 0 Å². The normalized spacial score (nSPS) is 16.4. The second-order valence-electron chi connectivity index (χ2n) is 5.75. The molecule has 1 heterocycles. The SMILES string of the molecule is CC(C)CCNc1ccccc1CN1CCCC1. The van der Waals surface area contributed by atoms with Crippen LogP contribution in [0.4, 0.5) is 5.69 Å². The van der Waals surface area contributed by atoms with Gasteiger partial charge in [0.2, 0.25) is 0 Å². The average molecular weight is 246 g/mol. The van der Waals surface area contributed by atoms with Crippen LogP contribution >= 0.6 is 0 Å². The largest absolute Gasteiger partial charge is 0.385 e. The summed E-state index contributed by atoms with van der Waals surface area (Å²) in [5.74, 6) is 0.767. The summed E-state index contributed by atoms with van der Waals surface area (Å²) in [6, 6.07) is 8.76. The lowest BCUT2D eigenvalue weighted by Crippen LogP contribution is -2.19. The highest BCUT2D eigenvalue weighted by Gasteiger charge is 2.13. The Morgan fingerprint density at radius 3 is 2.61 bits per heavy atom. The molecule has 100 valence electrons. The van der Waals surface area contributed by atoms with Crippen LogP contribution < -0.4 is 5.32 Å². The molecule has 1 N–H and O–H groups in total. The van der Waals surface area contributed by atoms with Crippen LogP contribution in [0.2, 0.25) is 0 Å². The lowest BCUT2D eigenvalue weighted by atomic mass is 10.1. The molecule has 0 spiro atoms. The summed E-state index contributed by atoms with van der Waals surface area (Å²) < 4.78 is 0. The fraction of sp³-hybridized carbons (Fsp3) is 0.625. The highest BCUT2D eigenvalue weighted by molar-refractivity contribution is 5.51.